The van der Waals surface area contributed by atoms with Gasteiger partial charge < -0.3 is 14.8 Å². The minimum Gasteiger partial charge on any atom is -0.506 e. The number of aromatic nitrogens is 1. The van der Waals surface area contributed by atoms with Gasteiger partial charge in [0.2, 0.25) is 0 Å². The molecule has 6 heteroatoms. The van der Waals surface area contributed by atoms with E-state index < -0.39 is 5.97 Å². The number of carbonyl (C=O) groups is 1. The van der Waals surface area contributed by atoms with Crippen molar-refractivity contribution in [2.75, 3.05) is 0 Å². The molecule has 18 heavy (non-hydrogen) atoms. The van der Waals surface area contributed by atoms with Crippen molar-refractivity contribution in [1.82, 2.24) is 4.57 Å². The predicted molar refractivity (Wildman–Crippen MR) is 73.3 cm³/mol. The Balaban J connectivity index is 2.58. The zero-order chi connectivity index (χ0) is 13.4. The van der Waals surface area contributed by atoms with Crippen molar-refractivity contribution >= 4 is 44.4 Å². The molecule has 0 spiro atoms. The largest absolute Gasteiger partial charge is 0.506 e. The highest BCUT2D eigenvalue weighted by molar-refractivity contribution is 9.10. The Morgan fingerprint density at radius 1 is 1.56 bits per heavy atom. The highest BCUT2D eigenvalue weighted by atomic mass is 79.9. The van der Waals surface area contributed by atoms with E-state index in [2.05, 4.69) is 15.9 Å². The van der Waals surface area contributed by atoms with Crippen LogP contribution < -0.4 is 0 Å². The van der Waals surface area contributed by atoms with E-state index in [1.807, 2.05) is 0 Å². The van der Waals surface area contributed by atoms with E-state index in [9.17, 15) is 9.90 Å². The Kier molecular flexibility index (Phi) is 3.54. The lowest BCUT2D eigenvalue weighted by Crippen LogP contribution is -2.09. The van der Waals surface area contributed by atoms with Gasteiger partial charge in [-0.15, -0.1) is 0 Å². The van der Waals surface area contributed by atoms with E-state index in [0.29, 0.717) is 14.9 Å². The predicted octanol–water partition coefficient (Wildman–Crippen LogP) is 3.80. The fourth-order valence-electron chi connectivity index (χ4n) is 1.94. The second-order valence-electron chi connectivity index (χ2n) is 4.15. The molecule has 0 aliphatic carbocycles. The molecule has 0 bridgehead atoms. The van der Waals surface area contributed by atoms with Crippen molar-refractivity contribution in [1.29, 1.82) is 0 Å². The van der Waals surface area contributed by atoms with Crippen LogP contribution in [0.1, 0.15) is 19.4 Å². The van der Waals surface area contributed by atoms with Crippen LogP contribution in [0.5, 0.6) is 5.75 Å². The number of aliphatic carboxylic acids is 1. The number of rotatable bonds is 3. The van der Waals surface area contributed by atoms with Crippen molar-refractivity contribution in [2.24, 2.45) is 0 Å². The lowest BCUT2D eigenvalue weighted by Gasteiger charge is -2.12. The van der Waals surface area contributed by atoms with E-state index in [0.717, 1.165) is 5.52 Å². The molecule has 1 heterocycles. The lowest BCUT2D eigenvalue weighted by atomic mass is 10.2. The number of fused-ring (bicyclic) bond motifs is 1. The first-order valence-electron chi connectivity index (χ1n) is 5.30. The second kappa shape index (κ2) is 4.82. The van der Waals surface area contributed by atoms with Crippen LogP contribution in [0.25, 0.3) is 10.9 Å². The highest BCUT2D eigenvalue weighted by Gasteiger charge is 2.16. The zero-order valence-corrected chi connectivity index (χ0v) is 11.9. The van der Waals surface area contributed by atoms with Crippen LogP contribution in [-0.4, -0.2) is 20.7 Å². The summed E-state index contributed by atoms with van der Waals surface area (Å²) in [4.78, 5) is 10.7. The van der Waals surface area contributed by atoms with Crippen molar-refractivity contribution < 1.29 is 15.0 Å². The topological polar surface area (TPSA) is 62.5 Å². The van der Waals surface area contributed by atoms with Crippen LogP contribution in [-0.2, 0) is 4.79 Å². The summed E-state index contributed by atoms with van der Waals surface area (Å²) >= 11 is 9.31. The van der Waals surface area contributed by atoms with E-state index in [1.54, 1.807) is 23.6 Å². The monoisotopic (exact) mass is 331 g/mol. The third-order valence-corrected chi connectivity index (χ3v) is 4.00. The number of aromatic hydroxyl groups is 1. The number of hydrogen-bond acceptors (Lipinski definition) is 2. The maximum atomic E-state index is 10.7. The fourth-order valence-corrected chi connectivity index (χ4v) is 2.44. The van der Waals surface area contributed by atoms with Gasteiger partial charge in [0.25, 0.3) is 0 Å². The molecule has 0 saturated heterocycles. The van der Waals surface area contributed by atoms with E-state index >= 15 is 0 Å². The Hall–Kier alpha value is -1.20. The van der Waals surface area contributed by atoms with Crippen LogP contribution in [0.2, 0.25) is 5.02 Å². The molecule has 1 aromatic heterocycles. The van der Waals surface area contributed by atoms with Crippen molar-refractivity contribution in [3.05, 3.63) is 27.8 Å². The summed E-state index contributed by atoms with van der Waals surface area (Å²) in [5.74, 6) is -0.772. The van der Waals surface area contributed by atoms with Gasteiger partial charge in [0.05, 0.1) is 17.0 Å². The number of benzene rings is 1. The first kappa shape index (κ1) is 13.2. The Morgan fingerprint density at radius 3 is 2.83 bits per heavy atom. The summed E-state index contributed by atoms with van der Waals surface area (Å²) in [5, 5.41) is 19.8. The molecule has 0 aliphatic rings. The molecule has 2 rings (SSSR count). The molecule has 2 aromatic rings. The van der Waals surface area contributed by atoms with Crippen LogP contribution in [0.3, 0.4) is 0 Å². The van der Waals surface area contributed by atoms with E-state index in [4.69, 9.17) is 16.7 Å². The molecule has 0 saturated carbocycles. The summed E-state index contributed by atoms with van der Waals surface area (Å²) in [6.07, 6.45) is 1.51. The van der Waals surface area contributed by atoms with Crippen molar-refractivity contribution in [2.45, 2.75) is 19.4 Å². The number of hydrogen-bond donors (Lipinski definition) is 2. The number of halogens is 2. The van der Waals surface area contributed by atoms with Gasteiger partial charge in [0.15, 0.2) is 0 Å². The molecule has 1 unspecified atom stereocenters. The van der Waals surface area contributed by atoms with Crippen LogP contribution >= 0.6 is 27.5 Å². The standard InChI is InChI=1S/C12H11BrClNO3/c1-6(2-12(17)18)15-5-11(16)7-3-8(13)9(14)4-10(7)15/h3-6,16H,2H2,1H3,(H,17,18). The van der Waals surface area contributed by atoms with Crippen LogP contribution in [0.4, 0.5) is 0 Å². The normalized spacial score (nSPS) is 12.8. The van der Waals surface area contributed by atoms with Gasteiger partial charge in [-0.1, -0.05) is 11.6 Å². The maximum Gasteiger partial charge on any atom is 0.305 e. The van der Waals surface area contributed by atoms with Crippen LogP contribution in [0.15, 0.2) is 22.8 Å². The molecule has 0 amide bonds. The molecule has 1 aromatic carbocycles. The SMILES string of the molecule is CC(CC(=O)O)n1cc(O)c2cc(Br)c(Cl)cc21. The Labute approximate surface area is 117 Å². The maximum absolute atomic E-state index is 10.7. The lowest BCUT2D eigenvalue weighted by molar-refractivity contribution is -0.137. The quantitative estimate of drug-likeness (QED) is 0.898. The highest BCUT2D eigenvalue weighted by Crippen LogP contribution is 2.36. The minimum atomic E-state index is -0.882. The summed E-state index contributed by atoms with van der Waals surface area (Å²) in [6.45, 7) is 1.78. The molecule has 0 fully saturated rings. The third kappa shape index (κ3) is 2.33. The van der Waals surface area contributed by atoms with Crippen LogP contribution in [0, 0.1) is 0 Å². The molecule has 4 nitrogen and oxygen atoms in total. The second-order valence-corrected chi connectivity index (χ2v) is 5.41. The zero-order valence-electron chi connectivity index (χ0n) is 9.52. The molecular formula is C12H11BrClNO3. The van der Waals surface area contributed by atoms with Gasteiger partial charge in [0, 0.05) is 22.1 Å². The minimum absolute atomic E-state index is 0.0170. The average molecular weight is 333 g/mol. The van der Waals surface area contributed by atoms with E-state index in [1.165, 1.54) is 6.20 Å². The first-order valence-corrected chi connectivity index (χ1v) is 6.47. The summed E-state index contributed by atoms with van der Waals surface area (Å²) < 4.78 is 2.41. The Bertz CT molecular complexity index is 623. The smallest absolute Gasteiger partial charge is 0.305 e. The summed E-state index contributed by atoms with van der Waals surface area (Å²) in [6, 6.07) is 3.17. The molecule has 2 N–H and O–H groups in total. The first-order chi connectivity index (χ1) is 8.40. The fraction of sp³-hybridized carbons (Fsp3) is 0.250. The molecule has 0 aliphatic heterocycles. The third-order valence-electron chi connectivity index (χ3n) is 2.80. The van der Waals surface area contributed by atoms with Gasteiger partial charge >= 0.3 is 5.97 Å². The molecular weight excluding hydrogens is 321 g/mol. The number of carboxylic acid groups (broad SMARTS) is 1. The van der Waals surface area contributed by atoms with Gasteiger partial charge in [-0.2, -0.15) is 0 Å². The van der Waals surface area contributed by atoms with Gasteiger partial charge in [-0.25, -0.2) is 0 Å². The van der Waals surface area contributed by atoms with E-state index in [-0.39, 0.29) is 18.2 Å². The number of nitrogens with zero attached hydrogens (tertiary/aromatic N) is 1. The summed E-state index contributed by atoms with van der Waals surface area (Å²) in [7, 11) is 0. The van der Waals surface area contributed by atoms with Crippen molar-refractivity contribution in [3.8, 4) is 5.75 Å². The molecule has 1 atom stereocenters. The van der Waals surface area contributed by atoms with Gasteiger partial charge in [-0.3, -0.25) is 4.79 Å². The average Bonchev–Trinajstić information content (AvgIpc) is 2.56. The molecule has 96 valence electrons. The van der Waals surface area contributed by atoms with Gasteiger partial charge in [0.1, 0.15) is 5.75 Å². The molecule has 0 radical (unpaired) electrons. The number of carboxylic acids is 1. The Morgan fingerprint density at radius 2 is 2.22 bits per heavy atom. The summed E-state index contributed by atoms with van der Waals surface area (Å²) in [5.41, 5.74) is 0.717. The van der Waals surface area contributed by atoms with Crippen molar-refractivity contribution in [3.63, 3.8) is 0 Å². The van der Waals surface area contributed by atoms with Gasteiger partial charge in [-0.05, 0) is 35.0 Å².